The molecule has 3 aromatic rings. The third-order valence-corrected chi connectivity index (χ3v) is 4.88. The highest BCUT2D eigenvalue weighted by molar-refractivity contribution is 6.13. The lowest BCUT2D eigenvalue weighted by Gasteiger charge is -2.18. The largest absolute Gasteiger partial charge is 1.00 e. The normalized spacial score (nSPS) is 10.8. The third-order valence-electron chi connectivity index (χ3n) is 4.88. The van der Waals surface area contributed by atoms with E-state index in [4.69, 9.17) is 18.9 Å². The lowest BCUT2D eigenvalue weighted by atomic mass is 9.95. The first-order valence-corrected chi connectivity index (χ1v) is 8.91. The lowest BCUT2D eigenvalue weighted by Crippen LogP contribution is -3.00. The van der Waals surface area contributed by atoms with Gasteiger partial charge in [-0.2, -0.15) is 0 Å². The summed E-state index contributed by atoms with van der Waals surface area (Å²) in [6, 6.07) is 10.3. The van der Waals surface area contributed by atoms with Crippen molar-refractivity contribution in [2.45, 2.75) is 6.42 Å². The van der Waals surface area contributed by atoms with Gasteiger partial charge in [0.25, 0.3) is 0 Å². The van der Waals surface area contributed by atoms with Crippen LogP contribution in [0.25, 0.3) is 21.5 Å². The van der Waals surface area contributed by atoms with Crippen molar-refractivity contribution in [3.63, 3.8) is 0 Å². The van der Waals surface area contributed by atoms with Gasteiger partial charge in [-0.3, -0.25) is 0 Å². The molecule has 0 spiro atoms. The van der Waals surface area contributed by atoms with Crippen LogP contribution in [0, 0.1) is 0 Å². The van der Waals surface area contributed by atoms with Crippen molar-refractivity contribution in [2.24, 2.45) is 0 Å². The van der Waals surface area contributed by atoms with E-state index >= 15 is 0 Å². The molecule has 0 aromatic heterocycles. The lowest BCUT2D eigenvalue weighted by molar-refractivity contribution is -0.00000656. The fourth-order valence-corrected chi connectivity index (χ4v) is 3.49. The van der Waals surface area contributed by atoms with Crippen molar-refractivity contribution >= 4 is 21.5 Å². The summed E-state index contributed by atoms with van der Waals surface area (Å²) in [5, 5.41) is 4.30. The number of hydrogen-bond donors (Lipinski definition) is 0. The molecule has 3 rings (SSSR count). The van der Waals surface area contributed by atoms with Gasteiger partial charge in [-0.25, -0.2) is 0 Å². The molecule has 0 bridgehead atoms. The molecule has 0 aliphatic rings. The number of ether oxygens (including phenoxy) is 4. The Kier molecular flexibility index (Phi) is 7.22. The summed E-state index contributed by atoms with van der Waals surface area (Å²) >= 11 is 0. The number of hydrogen-bond acceptors (Lipinski definition) is 5. The van der Waals surface area contributed by atoms with Gasteiger partial charge in [0.15, 0.2) is 23.0 Å². The Labute approximate surface area is 172 Å². The van der Waals surface area contributed by atoms with Crippen molar-refractivity contribution in [2.75, 3.05) is 49.1 Å². The van der Waals surface area contributed by atoms with E-state index in [1.165, 1.54) is 5.56 Å². The summed E-state index contributed by atoms with van der Waals surface area (Å²) in [6.07, 6.45) is 0.919. The zero-order valence-corrected chi connectivity index (χ0v) is 18.0. The van der Waals surface area contributed by atoms with E-state index in [-0.39, 0.29) is 12.4 Å². The number of likely N-dealkylation sites (N-methyl/N-ethyl adjacent to an activating group) is 1. The molecule has 28 heavy (non-hydrogen) atoms. The monoisotopic (exact) mass is 404 g/mol. The van der Waals surface area contributed by atoms with Gasteiger partial charge in [-0.05, 0) is 60.4 Å². The fourth-order valence-electron chi connectivity index (χ4n) is 3.49. The van der Waals surface area contributed by atoms with Crippen LogP contribution in [0.3, 0.4) is 0 Å². The van der Waals surface area contributed by atoms with Crippen molar-refractivity contribution in [3.8, 4) is 23.0 Å². The van der Waals surface area contributed by atoms with Gasteiger partial charge in [0.05, 0.1) is 28.4 Å². The Morgan fingerprint density at radius 1 is 0.750 bits per heavy atom. The summed E-state index contributed by atoms with van der Waals surface area (Å²) in [5.74, 6) is 2.87. The zero-order chi connectivity index (χ0) is 19.6. The number of methoxy groups -OCH3 is 4. The molecule has 0 fully saturated rings. The molecule has 0 atom stereocenters. The number of nitrogens with zero attached hydrogens (tertiary/aromatic N) is 1. The highest BCUT2D eigenvalue weighted by Gasteiger charge is 2.18. The Morgan fingerprint density at radius 3 is 1.96 bits per heavy atom. The van der Waals surface area contributed by atoms with Crippen LogP contribution in [-0.4, -0.2) is 54.0 Å². The van der Waals surface area contributed by atoms with Crippen molar-refractivity contribution < 1.29 is 31.4 Å². The second-order valence-corrected chi connectivity index (χ2v) is 6.74. The summed E-state index contributed by atoms with van der Waals surface area (Å²) < 4.78 is 22.4. The van der Waals surface area contributed by atoms with Crippen LogP contribution >= 0.6 is 0 Å². The number of fused-ring (bicyclic) bond motifs is 3. The predicted octanol–water partition coefficient (Wildman–Crippen LogP) is 1.14. The first kappa shape index (κ1) is 21.9. The number of benzene rings is 3. The summed E-state index contributed by atoms with van der Waals surface area (Å²) in [7, 11) is 10.8. The SMILES string of the molecule is COc1cc2ccc3c(CCN(C)C)cc(OC)c(OC)c3c2cc1OC.[Cl-]. The average Bonchev–Trinajstić information content (AvgIpc) is 2.69. The molecular formula is C22H27ClNO4-. The van der Waals surface area contributed by atoms with Gasteiger partial charge in [0.1, 0.15) is 0 Å². The molecule has 0 aliphatic heterocycles. The predicted molar refractivity (Wildman–Crippen MR) is 110 cm³/mol. The summed E-state index contributed by atoms with van der Waals surface area (Å²) in [6.45, 7) is 0.953. The Hall–Kier alpha value is -2.37. The molecular weight excluding hydrogens is 378 g/mol. The molecule has 0 N–H and O–H groups in total. The standard InChI is InChI=1S/C22H27NO4.ClH/c1-23(2)10-9-15-12-20(26-5)22(27-6)21-16(15)8-7-14-11-18(24-3)19(25-4)13-17(14)21;/h7-8,11-13H,9-10H2,1-6H3;1H/p-1. The molecule has 0 saturated carbocycles. The maximum Gasteiger partial charge on any atom is 0.169 e. The molecule has 0 radical (unpaired) electrons. The van der Waals surface area contributed by atoms with Gasteiger partial charge < -0.3 is 36.3 Å². The maximum atomic E-state index is 5.76. The minimum Gasteiger partial charge on any atom is -1.00 e. The van der Waals surface area contributed by atoms with Crippen LogP contribution in [0.2, 0.25) is 0 Å². The topological polar surface area (TPSA) is 40.2 Å². The van der Waals surface area contributed by atoms with Crippen molar-refractivity contribution in [1.82, 2.24) is 4.90 Å². The highest BCUT2D eigenvalue weighted by Crippen LogP contribution is 2.44. The van der Waals surface area contributed by atoms with E-state index in [1.807, 2.05) is 12.1 Å². The fraction of sp³-hybridized carbons (Fsp3) is 0.364. The first-order chi connectivity index (χ1) is 13.0. The van der Waals surface area contributed by atoms with Gasteiger partial charge in [-0.15, -0.1) is 0 Å². The Balaban J connectivity index is 0.00000280. The molecule has 0 saturated heterocycles. The van der Waals surface area contributed by atoms with Gasteiger partial charge in [-0.1, -0.05) is 12.1 Å². The van der Waals surface area contributed by atoms with Crippen LogP contribution in [0.1, 0.15) is 5.56 Å². The van der Waals surface area contributed by atoms with E-state index in [0.717, 1.165) is 46.0 Å². The number of rotatable bonds is 7. The van der Waals surface area contributed by atoms with Gasteiger partial charge >= 0.3 is 0 Å². The second-order valence-electron chi connectivity index (χ2n) is 6.74. The number of halogens is 1. The van der Waals surface area contributed by atoms with Crippen LogP contribution in [0.4, 0.5) is 0 Å². The maximum absolute atomic E-state index is 5.76. The van der Waals surface area contributed by atoms with E-state index in [2.05, 4.69) is 37.2 Å². The minimum absolute atomic E-state index is 0. The van der Waals surface area contributed by atoms with E-state index in [0.29, 0.717) is 11.5 Å². The minimum atomic E-state index is 0. The van der Waals surface area contributed by atoms with Crippen LogP contribution in [0.5, 0.6) is 23.0 Å². The third kappa shape index (κ3) is 3.91. The molecule has 0 amide bonds. The molecule has 0 aliphatic carbocycles. The highest BCUT2D eigenvalue weighted by atomic mass is 35.5. The zero-order valence-electron chi connectivity index (χ0n) is 17.3. The molecule has 0 unspecified atom stereocenters. The van der Waals surface area contributed by atoms with E-state index in [9.17, 15) is 0 Å². The van der Waals surface area contributed by atoms with Crippen LogP contribution < -0.4 is 31.4 Å². The smallest absolute Gasteiger partial charge is 0.169 e. The average molecular weight is 405 g/mol. The van der Waals surface area contributed by atoms with Crippen molar-refractivity contribution in [3.05, 3.63) is 35.9 Å². The Bertz CT molecular complexity index is 972. The molecule has 6 heteroatoms. The van der Waals surface area contributed by atoms with Crippen LogP contribution in [0.15, 0.2) is 30.3 Å². The van der Waals surface area contributed by atoms with Crippen LogP contribution in [-0.2, 0) is 6.42 Å². The first-order valence-electron chi connectivity index (χ1n) is 8.91. The molecule has 3 aromatic carbocycles. The Morgan fingerprint density at radius 2 is 1.39 bits per heavy atom. The summed E-state index contributed by atoms with van der Waals surface area (Å²) in [5.41, 5.74) is 1.23. The van der Waals surface area contributed by atoms with Gasteiger partial charge in [0, 0.05) is 11.9 Å². The molecule has 5 nitrogen and oxygen atoms in total. The molecule has 0 heterocycles. The van der Waals surface area contributed by atoms with Gasteiger partial charge in [0.2, 0.25) is 0 Å². The van der Waals surface area contributed by atoms with Crippen molar-refractivity contribution in [1.29, 1.82) is 0 Å². The summed E-state index contributed by atoms with van der Waals surface area (Å²) in [4.78, 5) is 2.18. The second kappa shape index (κ2) is 9.22. The van der Waals surface area contributed by atoms with E-state index < -0.39 is 0 Å². The van der Waals surface area contributed by atoms with E-state index in [1.54, 1.807) is 28.4 Å². The molecule has 152 valence electrons. The quantitative estimate of drug-likeness (QED) is 0.552.